The van der Waals surface area contributed by atoms with Gasteiger partial charge in [0.1, 0.15) is 5.82 Å². The molecular formula is C15H19F. The predicted octanol–water partition coefficient (Wildman–Crippen LogP) is 4.74. The van der Waals surface area contributed by atoms with E-state index in [2.05, 4.69) is 13.0 Å². The predicted molar refractivity (Wildman–Crippen MR) is 66.8 cm³/mol. The topological polar surface area (TPSA) is 0 Å². The third-order valence-corrected chi connectivity index (χ3v) is 3.28. The number of rotatable bonds is 4. The summed E-state index contributed by atoms with van der Waals surface area (Å²) in [7, 11) is 0. The summed E-state index contributed by atoms with van der Waals surface area (Å²) in [6, 6.07) is 5.14. The zero-order valence-electron chi connectivity index (χ0n) is 9.93. The van der Waals surface area contributed by atoms with Crippen molar-refractivity contribution in [2.75, 3.05) is 0 Å². The van der Waals surface area contributed by atoms with E-state index < -0.39 is 0 Å². The molecule has 0 aromatic heterocycles. The normalized spacial score (nSPS) is 14.5. The van der Waals surface area contributed by atoms with Gasteiger partial charge in [0.05, 0.1) is 0 Å². The van der Waals surface area contributed by atoms with E-state index in [0.29, 0.717) is 0 Å². The van der Waals surface area contributed by atoms with Gasteiger partial charge in [-0.2, -0.15) is 0 Å². The van der Waals surface area contributed by atoms with Crippen molar-refractivity contribution in [2.24, 2.45) is 0 Å². The number of fused-ring (bicyclic) bond motifs is 1. The van der Waals surface area contributed by atoms with Gasteiger partial charge in [0.25, 0.3) is 0 Å². The van der Waals surface area contributed by atoms with Crippen LogP contribution < -0.4 is 0 Å². The molecule has 1 aliphatic carbocycles. The molecule has 0 atom stereocenters. The van der Waals surface area contributed by atoms with Crippen LogP contribution in [0.2, 0.25) is 0 Å². The second-order valence-corrected chi connectivity index (χ2v) is 4.60. The van der Waals surface area contributed by atoms with E-state index in [0.717, 1.165) is 12.8 Å². The first-order valence-corrected chi connectivity index (χ1v) is 6.27. The van der Waals surface area contributed by atoms with E-state index >= 15 is 0 Å². The van der Waals surface area contributed by atoms with Crippen LogP contribution in [0.1, 0.15) is 50.2 Å². The van der Waals surface area contributed by atoms with Crippen molar-refractivity contribution < 1.29 is 4.39 Å². The summed E-state index contributed by atoms with van der Waals surface area (Å²) < 4.78 is 13.0. The molecule has 0 amide bonds. The molecule has 0 radical (unpaired) electrons. The summed E-state index contributed by atoms with van der Waals surface area (Å²) >= 11 is 0. The van der Waals surface area contributed by atoms with Gasteiger partial charge in [0.2, 0.25) is 0 Å². The lowest BCUT2D eigenvalue weighted by atomic mass is 9.90. The highest BCUT2D eigenvalue weighted by atomic mass is 19.1. The SMILES string of the molecule is CCCCCC1=Cc2ccc(F)cc2CC1. The Labute approximate surface area is 97.2 Å². The number of halogens is 1. The summed E-state index contributed by atoms with van der Waals surface area (Å²) in [5.41, 5.74) is 3.92. The molecule has 0 nitrogen and oxygen atoms in total. The fourth-order valence-electron chi connectivity index (χ4n) is 2.32. The van der Waals surface area contributed by atoms with Gasteiger partial charge >= 0.3 is 0 Å². The summed E-state index contributed by atoms with van der Waals surface area (Å²) in [5, 5.41) is 0. The van der Waals surface area contributed by atoms with E-state index in [-0.39, 0.29) is 5.82 Å². The van der Waals surface area contributed by atoms with E-state index in [4.69, 9.17) is 0 Å². The highest BCUT2D eigenvalue weighted by Crippen LogP contribution is 2.27. The Balaban J connectivity index is 2.06. The quantitative estimate of drug-likeness (QED) is 0.640. The molecule has 0 bridgehead atoms. The van der Waals surface area contributed by atoms with E-state index in [1.54, 1.807) is 12.1 Å². The first-order valence-electron chi connectivity index (χ1n) is 6.27. The minimum absolute atomic E-state index is 0.110. The van der Waals surface area contributed by atoms with Crippen LogP contribution in [0.4, 0.5) is 4.39 Å². The molecule has 16 heavy (non-hydrogen) atoms. The lowest BCUT2D eigenvalue weighted by Crippen LogP contribution is -2.00. The average Bonchev–Trinajstić information content (AvgIpc) is 2.29. The second kappa shape index (κ2) is 5.29. The van der Waals surface area contributed by atoms with Gasteiger partial charge < -0.3 is 0 Å². The molecule has 1 aliphatic rings. The number of hydrogen-bond donors (Lipinski definition) is 0. The Bertz CT molecular complexity index is 390. The molecule has 0 N–H and O–H groups in total. The van der Waals surface area contributed by atoms with Gasteiger partial charge in [-0.25, -0.2) is 4.39 Å². The Morgan fingerprint density at radius 3 is 2.88 bits per heavy atom. The van der Waals surface area contributed by atoms with Gasteiger partial charge in [-0.1, -0.05) is 37.5 Å². The van der Waals surface area contributed by atoms with Crippen LogP contribution in [0, 0.1) is 5.82 Å². The zero-order valence-corrected chi connectivity index (χ0v) is 9.93. The molecule has 1 aromatic rings. The molecule has 0 saturated carbocycles. The van der Waals surface area contributed by atoms with Crippen molar-refractivity contribution in [1.29, 1.82) is 0 Å². The number of hydrogen-bond acceptors (Lipinski definition) is 0. The van der Waals surface area contributed by atoms with Gasteiger partial charge in [0.15, 0.2) is 0 Å². The minimum Gasteiger partial charge on any atom is -0.207 e. The van der Waals surface area contributed by atoms with Gasteiger partial charge in [-0.3, -0.25) is 0 Å². The lowest BCUT2D eigenvalue weighted by Gasteiger charge is -2.16. The summed E-state index contributed by atoms with van der Waals surface area (Å²) in [5.74, 6) is -0.110. The van der Waals surface area contributed by atoms with E-state index in [1.165, 1.54) is 42.4 Å². The van der Waals surface area contributed by atoms with Crippen LogP contribution in [-0.4, -0.2) is 0 Å². The summed E-state index contributed by atoms with van der Waals surface area (Å²) in [6.07, 6.45) is 9.46. The van der Waals surface area contributed by atoms with Crippen molar-refractivity contribution in [3.8, 4) is 0 Å². The van der Waals surface area contributed by atoms with Crippen LogP contribution in [0.25, 0.3) is 6.08 Å². The van der Waals surface area contributed by atoms with Crippen molar-refractivity contribution >= 4 is 6.08 Å². The fourth-order valence-corrected chi connectivity index (χ4v) is 2.32. The Morgan fingerprint density at radius 1 is 1.19 bits per heavy atom. The molecule has 1 heteroatoms. The van der Waals surface area contributed by atoms with Crippen molar-refractivity contribution in [1.82, 2.24) is 0 Å². The minimum atomic E-state index is -0.110. The molecule has 0 spiro atoms. The van der Waals surface area contributed by atoms with E-state index in [1.807, 2.05) is 6.07 Å². The molecule has 2 rings (SSSR count). The number of allylic oxidation sites excluding steroid dienone is 1. The largest absolute Gasteiger partial charge is 0.207 e. The molecular weight excluding hydrogens is 199 g/mol. The van der Waals surface area contributed by atoms with Gasteiger partial charge in [-0.15, -0.1) is 0 Å². The zero-order chi connectivity index (χ0) is 11.4. The molecule has 0 fully saturated rings. The van der Waals surface area contributed by atoms with Crippen molar-refractivity contribution in [2.45, 2.75) is 45.4 Å². The molecule has 0 unspecified atom stereocenters. The maximum atomic E-state index is 13.0. The Kier molecular flexibility index (Phi) is 3.76. The first kappa shape index (κ1) is 11.4. The molecule has 0 saturated heterocycles. The molecule has 1 aromatic carbocycles. The first-order chi connectivity index (χ1) is 7.79. The van der Waals surface area contributed by atoms with Crippen LogP contribution in [0.3, 0.4) is 0 Å². The highest BCUT2D eigenvalue weighted by Gasteiger charge is 2.10. The fraction of sp³-hybridized carbons (Fsp3) is 0.467. The Morgan fingerprint density at radius 2 is 2.06 bits per heavy atom. The van der Waals surface area contributed by atoms with Crippen LogP contribution >= 0.6 is 0 Å². The van der Waals surface area contributed by atoms with Gasteiger partial charge in [0, 0.05) is 0 Å². The number of aryl methyl sites for hydroxylation is 1. The second-order valence-electron chi connectivity index (χ2n) is 4.60. The number of unbranched alkanes of at least 4 members (excludes halogenated alkanes) is 2. The average molecular weight is 218 g/mol. The summed E-state index contributed by atoms with van der Waals surface area (Å²) in [4.78, 5) is 0. The third-order valence-electron chi connectivity index (χ3n) is 3.28. The lowest BCUT2D eigenvalue weighted by molar-refractivity contribution is 0.624. The van der Waals surface area contributed by atoms with Gasteiger partial charge in [-0.05, 0) is 48.9 Å². The van der Waals surface area contributed by atoms with Crippen molar-refractivity contribution in [3.63, 3.8) is 0 Å². The maximum Gasteiger partial charge on any atom is 0.123 e. The smallest absolute Gasteiger partial charge is 0.123 e. The standard InChI is InChI=1S/C15H19F/c1-2-3-4-5-12-6-7-14-11-15(16)9-8-13(14)10-12/h8-11H,2-7H2,1H3. The molecule has 86 valence electrons. The van der Waals surface area contributed by atoms with Crippen molar-refractivity contribution in [3.05, 3.63) is 40.7 Å². The number of benzene rings is 1. The third kappa shape index (κ3) is 2.72. The molecule has 0 heterocycles. The monoisotopic (exact) mass is 218 g/mol. The van der Waals surface area contributed by atoms with Crippen LogP contribution in [0.5, 0.6) is 0 Å². The van der Waals surface area contributed by atoms with Crippen LogP contribution in [-0.2, 0) is 6.42 Å². The summed E-state index contributed by atoms with van der Waals surface area (Å²) in [6.45, 7) is 2.23. The Hall–Kier alpha value is -1.11. The van der Waals surface area contributed by atoms with E-state index in [9.17, 15) is 4.39 Å². The highest BCUT2D eigenvalue weighted by molar-refractivity contribution is 5.59. The molecule has 0 aliphatic heterocycles. The van der Waals surface area contributed by atoms with Crippen LogP contribution in [0.15, 0.2) is 23.8 Å². The maximum absolute atomic E-state index is 13.0.